The molecule has 0 rings (SSSR count). The van der Waals surface area contributed by atoms with Gasteiger partial charge in [0.2, 0.25) is 0 Å². The standard InChI is InChI=1S/C9H25NO2Si2/c1-7-9(10)8-14(11-2,12-3)13(4,5)6/h9H,7-8,10H2,1-6H3. The van der Waals surface area contributed by atoms with Crippen molar-refractivity contribution < 1.29 is 8.85 Å². The van der Waals surface area contributed by atoms with Crippen LogP contribution in [0.1, 0.15) is 13.3 Å². The Morgan fingerprint density at radius 1 is 1.14 bits per heavy atom. The van der Waals surface area contributed by atoms with Crippen LogP contribution < -0.4 is 5.73 Å². The van der Waals surface area contributed by atoms with E-state index in [9.17, 15) is 0 Å². The van der Waals surface area contributed by atoms with Gasteiger partial charge in [-0.05, 0) is 6.42 Å². The Morgan fingerprint density at radius 2 is 1.57 bits per heavy atom. The zero-order valence-electron chi connectivity index (χ0n) is 10.4. The van der Waals surface area contributed by atoms with E-state index in [1.165, 1.54) is 0 Å². The molecule has 0 aromatic rings. The number of nitrogens with two attached hydrogens (primary N) is 1. The number of hydrogen-bond acceptors (Lipinski definition) is 3. The molecule has 0 aliphatic carbocycles. The Balaban J connectivity index is 4.71. The van der Waals surface area contributed by atoms with Crippen molar-refractivity contribution in [3.05, 3.63) is 0 Å². The van der Waals surface area contributed by atoms with E-state index in [4.69, 9.17) is 14.6 Å². The molecule has 0 amide bonds. The molecule has 0 aliphatic heterocycles. The smallest absolute Gasteiger partial charge is 0.316 e. The van der Waals surface area contributed by atoms with Crippen molar-refractivity contribution in [3.8, 4) is 0 Å². The Labute approximate surface area is 90.0 Å². The molecule has 0 fully saturated rings. The third kappa shape index (κ3) is 3.17. The molecule has 14 heavy (non-hydrogen) atoms. The fourth-order valence-electron chi connectivity index (χ4n) is 1.66. The van der Waals surface area contributed by atoms with Crippen molar-refractivity contribution in [1.29, 1.82) is 0 Å². The van der Waals surface area contributed by atoms with Crippen LogP contribution in [0.4, 0.5) is 0 Å². The summed E-state index contributed by atoms with van der Waals surface area (Å²) < 4.78 is 11.4. The Morgan fingerprint density at radius 3 is 1.79 bits per heavy atom. The minimum atomic E-state index is -2.02. The quantitative estimate of drug-likeness (QED) is 0.715. The van der Waals surface area contributed by atoms with Crippen molar-refractivity contribution in [1.82, 2.24) is 0 Å². The molecular formula is C9H25NO2Si2. The van der Waals surface area contributed by atoms with Gasteiger partial charge in [-0.15, -0.1) is 0 Å². The van der Waals surface area contributed by atoms with Crippen molar-refractivity contribution in [2.45, 2.75) is 45.1 Å². The largest absolute Gasteiger partial charge is 0.400 e. The molecule has 1 atom stereocenters. The summed E-state index contributed by atoms with van der Waals surface area (Å²) in [5, 5.41) is 0. The van der Waals surface area contributed by atoms with Gasteiger partial charge in [0.05, 0.1) is 0 Å². The molecule has 0 radical (unpaired) electrons. The van der Waals surface area contributed by atoms with Crippen molar-refractivity contribution >= 4 is 15.7 Å². The van der Waals surface area contributed by atoms with Gasteiger partial charge in [0.1, 0.15) is 7.59 Å². The third-order valence-corrected chi connectivity index (χ3v) is 16.2. The van der Waals surface area contributed by atoms with Crippen LogP contribution in [0.5, 0.6) is 0 Å². The molecule has 0 saturated carbocycles. The van der Waals surface area contributed by atoms with Crippen LogP contribution in [0, 0.1) is 0 Å². The van der Waals surface area contributed by atoms with E-state index in [-0.39, 0.29) is 6.04 Å². The predicted molar refractivity (Wildman–Crippen MR) is 66.2 cm³/mol. The summed E-state index contributed by atoms with van der Waals surface area (Å²) in [7, 11) is 0.132. The molecule has 0 saturated heterocycles. The van der Waals surface area contributed by atoms with Gasteiger partial charge >= 0.3 is 8.08 Å². The normalized spacial score (nSPS) is 15.6. The van der Waals surface area contributed by atoms with Crippen LogP contribution in [0.25, 0.3) is 0 Å². The average Bonchev–Trinajstić information content (AvgIpc) is 2.11. The summed E-state index contributed by atoms with van der Waals surface area (Å²) in [6.45, 7) is 9.01. The van der Waals surface area contributed by atoms with E-state index in [0.29, 0.717) is 0 Å². The second-order valence-corrected chi connectivity index (χ2v) is 18.8. The van der Waals surface area contributed by atoms with E-state index >= 15 is 0 Å². The van der Waals surface area contributed by atoms with Crippen molar-refractivity contribution in [3.63, 3.8) is 0 Å². The van der Waals surface area contributed by atoms with Gasteiger partial charge in [-0.25, -0.2) is 0 Å². The van der Waals surface area contributed by atoms with Gasteiger partial charge in [0, 0.05) is 26.3 Å². The lowest BCUT2D eigenvalue weighted by Gasteiger charge is -2.39. The summed E-state index contributed by atoms with van der Waals surface area (Å²) in [4.78, 5) is 0. The maximum Gasteiger partial charge on any atom is 0.316 e. The molecule has 0 spiro atoms. The van der Waals surface area contributed by atoms with Gasteiger partial charge in [-0.1, -0.05) is 26.6 Å². The highest BCUT2D eigenvalue weighted by atomic mass is 29.3. The Hall–Kier alpha value is 0.314. The Kier molecular flexibility index (Phi) is 5.53. The minimum Gasteiger partial charge on any atom is -0.400 e. The summed E-state index contributed by atoms with van der Waals surface area (Å²) in [6.07, 6.45) is 0.992. The van der Waals surface area contributed by atoms with Crippen LogP contribution in [0.15, 0.2) is 0 Å². The molecule has 86 valence electrons. The van der Waals surface area contributed by atoms with E-state index in [1.54, 1.807) is 14.2 Å². The number of hydrogen-bond donors (Lipinski definition) is 1. The maximum absolute atomic E-state index is 6.00. The van der Waals surface area contributed by atoms with Gasteiger partial charge in [0.25, 0.3) is 0 Å². The van der Waals surface area contributed by atoms with Gasteiger partial charge in [-0.3, -0.25) is 0 Å². The van der Waals surface area contributed by atoms with Gasteiger partial charge in [-0.2, -0.15) is 0 Å². The molecular weight excluding hydrogens is 210 g/mol. The lowest BCUT2D eigenvalue weighted by Crippen LogP contribution is -2.62. The fraction of sp³-hybridized carbons (Fsp3) is 1.00. The summed E-state index contributed by atoms with van der Waals surface area (Å²) >= 11 is 0. The lowest BCUT2D eigenvalue weighted by molar-refractivity contribution is 0.258. The molecule has 3 nitrogen and oxygen atoms in total. The minimum absolute atomic E-state index is 0.216. The predicted octanol–water partition coefficient (Wildman–Crippen LogP) is 1.88. The molecule has 5 heteroatoms. The molecule has 0 heterocycles. The highest BCUT2D eigenvalue weighted by Gasteiger charge is 2.49. The molecule has 0 aliphatic rings. The monoisotopic (exact) mass is 235 g/mol. The topological polar surface area (TPSA) is 44.5 Å². The highest BCUT2D eigenvalue weighted by Crippen LogP contribution is 2.26. The first kappa shape index (κ1) is 14.3. The van der Waals surface area contributed by atoms with Gasteiger partial charge < -0.3 is 14.6 Å². The second-order valence-electron chi connectivity index (χ2n) is 4.78. The fourth-order valence-corrected chi connectivity index (χ4v) is 11.3. The maximum atomic E-state index is 6.00. The highest BCUT2D eigenvalue weighted by molar-refractivity contribution is 7.36. The molecule has 1 unspecified atom stereocenters. The lowest BCUT2D eigenvalue weighted by atomic mass is 10.3. The third-order valence-electron chi connectivity index (χ3n) is 2.86. The van der Waals surface area contributed by atoms with E-state index < -0.39 is 15.7 Å². The van der Waals surface area contributed by atoms with Crippen LogP contribution in [-0.2, 0) is 8.85 Å². The summed E-state index contributed by atoms with van der Waals surface area (Å²) in [5.41, 5.74) is 6.00. The Bertz CT molecular complexity index is 167. The zero-order valence-corrected chi connectivity index (χ0v) is 12.4. The van der Waals surface area contributed by atoms with Crippen molar-refractivity contribution in [2.24, 2.45) is 5.73 Å². The van der Waals surface area contributed by atoms with Crippen LogP contribution in [-0.4, -0.2) is 35.9 Å². The van der Waals surface area contributed by atoms with E-state index in [2.05, 4.69) is 26.6 Å². The van der Waals surface area contributed by atoms with Crippen LogP contribution in [0.3, 0.4) is 0 Å². The average molecular weight is 235 g/mol. The van der Waals surface area contributed by atoms with Crippen molar-refractivity contribution in [2.75, 3.05) is 14.2 Å². The van der Waals surface area contributed by atoms with E-state index in [0.717, 1.165) is 12.5 Å². The summed E-state index contributed by atoms with van der Waals surface area (Å²) in [5.74, 6) is 0. The second kappa shape index (κ2) is 5.41. The first-order valence-corrected chi connectivity index (χ1v) is 11.7. The van der Waals surface area contributed by atoms with E-state index in [1.807, 2.05) is 0 Å². The zero-order chi connectivity index (χ0) is 11.4. The SMILES string of the molecule is CCC(N)C[Si](OC)(OC)[Si](C)(C)C. The first-order chi connectivity index (χ1) is 6.33. The van der Waals surface area contributed by atoms with Crippen LogP contribution >= 0.6 is 0 Å². The molecule has 2 N–H and O–H groups in total. The first-order valence-electron chi connectivity index (χ1n) is 5.19. The van der Waals surface area contributed by atoms with Crippen LogP contribution in [0.2, 0.25) is 25.7 Å². The number of rotatable bonds is 6. The molecule has 0 aromatic heterocycles. The molecule has 0 aromatic carbocycles. The molecule has 0 bridgehead atoms. The summed E-state index contributed by atoms with van der Waals surface area (Å²) in [6, 6.07) is 1.14. The van der Waals surface area contributed by atoms with Gasteiger partial charge in [0.15, 0.2) is 0 Å².